The lowest BCUT2D eigenvalue weighted by atomic mass is 10.1. The zero-order chi connectivity index (χ0) is 27.9. The summed E-state index contributed by atoms with van der Waals surface area (Å²) in [6, 6.07) is 6.55. The standard InChI is InChI=1S/C24H29N3O10S/c1-2-26(12-5-3-4-6-22(30)37-27-20(28)9-10-21(27)29)17-8-7-16-14-18(24(32)36-19(16)15-17)23(31)25-11-13-38(33,34)35/h7-8,14-15H,2-6,9-13H2,1H3,(H,25,31)(H,33,34,35). The molecule has 0 atom stereocenters. The molecule has 0 unspecified atom stereocenters. The van der Waals surface area contributed by atoms with Gasteiger partial charge in [0.1, 0.15) is 11.1 Å². The number of hydrogen-bond donors (Lipinski definition) is 2. The number of carbonyl (C=O) groups excluding carboxylic acids is 4. The third-order valence-electron chi connectivity index (χ3n) is 5.86. The van der Waals surface area contributed by atoms with Crippen molar-refractivity contribution in [1.29, 1.82) is 0 Å². The van der Waals surface area contributed by atoms with Crippen LogP contribution >= 0.6 is 0 Å². The lowest BCUT2D eigenvalue weighted by Gasteiger charge is -2.23. The molecular formula is C24H29N3O10S. The van der Waals surface area contributed by atoms with Crippen LogP contribution in [-0.2, 0) is 29.3 Å². The Morgan fingerprint density at radius 3 is 2.47 bits per heavy atom. The number of benzene rings is 1. The molecule has 1 aliphatic rings. The normalized spacial score (nSPS) is 13.7. The number of anilines is 1. The fourth-order valence-electron chi connectivity index (χ4n) is 3.87. The second-order valence-corrected chi connectivity index (χ2v) is 10.2. The first-order valence-corrected chi connectivity index (χ1v) is 13.7. The van der Waals surface area contributed by atoms with E-state index in [0.717, 1.165) is 12.1 Å². The van der Waals surface area contributed by atoms with Crippen LogP contribution in [0.25, 0.3) is 11.0 Å². The van der Waals surface area contributed by atoms with Gasteiger partial charge in [-0.1, -0.05) is 6.42 Å². The highest BCUT2D eigenvalue weighted by molar-refractivity contribution is 7.85. The topological polar surface area (TPSA) is 181 Å². The monoisotopic (exact) mass is 551 g/mol. The van der Waals surface area contributed by atoms with E-state index in [1.807, 2.05) is 13.0 Å². The lowest BCUT2D eigenvalue weighted by molar-refractivity contribution is -0.197. The van der Waals surface area contributed by atoms with Crippen LogP contribution in [0.2, 0.25) is 0 Å². The lowest BCUT2D eigenvalue weighted by Crippen LogP contribution is -2.32. The quantitative estimate of drug-likeness (QED) is 0.159. The molecule has 1 aromatic carbocycles. The highest BCUT2D eigenvalue weighted by atomic mass is 32.2. The molecule has 2 N–H and O–H groups in total. The van der Waals surface area contributed by atoms with Crippen molar-refractivity contribution in [2.75, 3.05) is 30.3 Å². The van der Waals surface area contributed by atoms with E-state index in [2.05, 4.69) is 10.2 Å². The maximum atomic E-state index is 12.3. The molecule has 0 bridgehead atoms. The van der Waals surface area contributed by atoms with Gasteiger partial charge in [0.2, 0.25) is 0 Å². The minimum Gasteiger partial charge on any atom is -0.422 e. The van der Waals surface area contributed by atoms with Gasteiger partial charge >= 0.3 is 11.6 Å². The Morgan fingerprint density at radius 2 is 1.82 bits per heavy atom. The summed E-state index contributed by atoms with van der Waals surface area (Å²) < 4.78 is 35.6. The van der Waals surface area contributed by atoms with Crippen LogP contribution < -0.4 is 15.8 Å². The van der Waals surface area contributed by atoms with Gasteiger partial charge in [-0.25, -0.2) is 9.59 Å². The molecule has 1 fully saturated rings. The van der Waals surface area contributed by atoms with Gasteiger partial charge in [0, 0.05) is 56.0 Å². The molecule has 38 heavy (non-hydrogen) atoms. The molecule has 2 heterocycles. The van der Waals surface area contributed by atoms with Gasteiger partial charge < -0.3 is 19.5 Å². The van der Waals surface area contributed by atoms with E-state index in [1.165, 1.54) is 6.07 Å². The number of fused-ring (bicyclic) bond motifs is 1. The number of nitrogens with one attached hydrogen (secondary N) is 1. The van der Waals surface area contributed by atoms with Gasteiger partial charge in [-0.15, -0.1) is 5.06 Å². The highest BCUT2D eigenvalue weighted by Gasteiger charge is 2.32. The van der Waals surface area contributed by atoms with Crippen LogP contribution in [0, 0.1) is 0 Å². The predicted molar refractivity (Wildman–Crippen MR) is 135 cm³/mol. The SMILES string of the molecule is CCN(CCCCCC(=O)ON1C(=O)CCC1=O)c1ccc2cc(C(=O)NCCS(=O)(=O)O)c(=O)oc2c1. The molecule has 1 saturated heterocycles. The molecule has 3 amide bonds. The van der Waals surface area contributed by atoms with E-state index in [1.54, 1.807) is 12.1 Å². The zero-order valence-corrected chi connectivity index (χ0v) is 21.6. The third kappa shape index (κ3) is 7.86. The van der Waals surface area contributed by atoms with E-state index in [9.17, 15) is 32.4 Å². The maximum Gasteiger partial charge on any atom is 0.349 e. The van der Waals surface area contributed by atoms with Gasteiger partial charge in [0.25, 0.3) is 27.8 Å². The van der Waals surface area contributed by atoms with Crippen molar-refractivity contribution in [3.05, 3.63) is 40.2 Å². The van der Waals surface area contributed by atoms with Crippen molar-refractivity contribution in [2.24, 2.45) is 0 Å². The van der Waals surface area contributed by atoms with Gasteiger partial charge in [-0.05, 0) is 38.0 Å². The molecule has 13 nitrogen and oxygen atoms in total. The van der Waals surface area contributed by atoms with Crippen LogP contribution in [0.1, 0.15) is 55.8 Å². The number of amides is 3. The van der Waals surface area contributed by atoms with E-state index in [0.29, 0.717) is 36.4 Å². The molecule has 0 saturated carbocycles. The van der Waals surface area contributed by atoms with E-state index in [-0.39, 0.29) is 37.0 Å². The van der Waals surface area contributed by atoms with Crippen molar-refractivity contribution in [3.8, 4) is 0 Å². The predicted octanol–water partition coefficient (Wildman–Crippen LogP) is 1.40. The van der Waals surface area contributed by atoms with Crippen LogP contribution in [0.15, 0.2) is 33.5 Å². The molecule has 206 valence electrons. The second kappa shape index (κ2) is 12.6. The average molecular weight is 552 g/mol. The fourth-order valence-corrected chi connectivity index (χ4v) is 4.23. The summed E-state index contributed by atoms with van der Waals surface area (Å²) in [5.74, 6) is -3.15. The molecule has 14 heteroatoms. The van der Waals surface area contributed by atoms with Crippen LogP contribution in [0.4, 0.5) is 5.69 Å². The summed E-state index contributed by atoms with van der Waals surface area (Å²) in [6.07, 6.45) is 2.14. The number of hydrogen-bond acceptors (Lipinski definition) is 10. The Hall–Kier alpha value is -3.78. The number of unbranched alkanes of at least 4 members (excludes halogenated alkanes) is 2. The summed E-state index contributed by atoms with van der Waals surface area (Å²) in [7, 11) is -4.25. The van der Waals surface area contributed by atoms with Crippen molar-refractivity contribution >= 4 is 50.5 Å². The van der Waals surface area contributed by atoms with Crippen molar-refractivity contribution in [2.45, 2.75) is 45.4 Å². The first kappa shape index (κ1) is 28.8. The number of nitrogens with zero attached hydrogens (tertiary/aromatic N) is 2. The van der Waals surface area contributed by atoms with E-state index >= 15 is 0 Å². The summed E-state index contributed by atoms with van der Waals surface area (Å²) >= 11 is 0. The van der Waals surface area contributed by atoms with Crippen LogP contribution in [0.5, 0.6) is 0 Å². The Labute approximate surface area is 218 Å². The summed E-state index contributed by atoms with van der Waals surface area (Å²) in [5.41, 5.74) is -0.107. The van der Waals surface area contributed by atoms with E-state index in [4.69, 9.17) is 13.8 Å². The molecule has 3 rings (SSSR count). The minimum absolute atomic E-state index is 0.0489. The Morgan fingerprint density at radius 1 is 1.11 bits per heavy atom. The number of rotatable bonds is 13. The fraction of sp³-hybridized carbons (Fsp3) is 0.458. The molecule has 2 aromatic rings. The zero-order valence-electron chi connectivity index (χ0n) is 20.8. The molecule has 1 aromatic heterocycles. The largest absolute Gasteiger partial charge is 0.422 e. The Kier molecular flexibility index (Phi) is 9.58. The van der Waals surface area contributed by atoms with Crippen LogP contribution in [-0.4, -0.2) is 67.1 Å². The van der Waals surface area contributed by atoms with Crippen molar-refractivity contribution in [1.82, 2.24) is 10.4 Å². The molecule has 0 spiro atoms. The number of carbonyl (C=O) groups is 4. The van der Waals surface area contributed by atoms with Gasteiger partial charge in [0.15, 0.2) is 0 Å². The molecule has 0 radical (unpaired) electrons. The average Bonchev–Trinajstić information content (AvgIpc) is 3.16. The van der Waals surface area contributed by atoms with Crippen LogP contribution in [0.3, 0.4) is 0 Å². The van der Waals surface area contributed by atoms with Gasteiger partial charge in [-0.3, -0.25) is 18.9 Å². The molecular weight excluding hydrogens is 522 g/mol. The smallest absolute Gasteiger partial charge is 0.349 e. The van der Waals surface area contributed by atoms with Crippen molar-refractivity contribution < 1.29 is 41.4 Å². The molecule has 0 aliphatic carbocycles. The van der Waals surface area contributed by atoms with E-state index < -0.39 is 45.2 Å². The number of hydroxylamine groups is 2. The van der Waals surface area contributed by atoms with Gasteiger partial charge in [-0.2, -0.15) is 8.42 Å². The Balaban J connectivity index is 1.52. The second-order valence-electron chi connectivity index (χ2n) is 8.65. The minimum atomic E-state index is -4.25. The number of imide groups is 1. The summed E-state index contributed by atoms with van der Waals surface area (Å²) in [4.78, 5) is 66.4. The first-order chi connectivity index (χ1) is 18.0. The summed E-state index contributed by atoms with van der Waals surface area (Å²) in [5, 5.41) is 3.29. The Bertz CT molecular complexity index is 1370. The van der Waals surface area contributed by atoms with Gasteiger partial charge in [0.05, 0.1) is 5.75 Å². The van der Waals surface area contributed by atoms with Crippen molar-refractivity contribution in [3.63, 3.8) is 0 Å². The maximum absolute atomic E-state index is 12.3. The molecule has 1 aliphatic heterocycles. The third-order valence-corrected chi connectivity index (χ3v) is 6.58. The summed E-state index contributed by atoms with van der Waals surface area (Å²) in [6.45, 7) is 2.91. The highest BCUT2D eigenvalue weighted by Crippen LogP contribution is 2.23. The first-order valence-electron chi connectivity index (χ1n) is 12.1.